The Labute approximate surface area is 124 Å². The van der Waals surface area contributed by atoms with Crippen molar-refractivity contribution in [1.29, 1.82) is 0 Å². The number of hydrogen-bond acceptors (Lipinski definition) is 4. The molecule has 0 aliphatic carbocycles. The summed E-state index contributed by atoms with van der Waals surface area (Å²) < 4.78 is 15.2. The first-order chi connectivity index (χ1) is 9.62. The fraction of sp³-hybridized carbons (Fsp3) is 0.500. The summed E-state index contributed by atoms with van der Waals surface area (Å²) in [5.41, 5.74) is 0.464. The summed E-state index contributed by atoms with van der Waals surface area (Å²) in [4.78, 5) is 12.1. The highest BCUT2D eigenvalue weighted by Gasteiger charge is 2.13. The zero-order valence-electron chi connectivity index (χ0n) is 11.9. The highest BCUT2D eigenvalue weighted by molar-refractivity contribution is 6.20. The van der Waals surface area contributed by atoms with E-state index in [0.29, 0.717) is 36.6 Å². The lowest BCUT2D eigenvalue weighted by atomic mass is 10.1. The Bertz CT molecular complexity index is 439. The number of benzene rings is 1. The first-order valence-corrected chi connectivity index (χ1v) is 6.69. The molecule has 0 heterocycles. The largest absolute Gasteiger partial charge is 0.497 e. The van der Waals surface area contributed by atoms with E-state index in [-0.39, 0.29) is 11.3 Å². The summed E-state index contributed by atoms with van der Waals surface area (Å²) >= 11 is 5.99. The number of halogens is 1. The van der Waals surface area contributed by atoms with Gasteiger partial charge in [0.1, 0.15) is 11.5 Å². The second-order valence-corrected chi connectivity index (χ2v) is 4.78. The van der Waals surface area contributed by atoms with Crippen LogP contribution in [0, 0.1) is 0 Å². The Morgan fingerprint density at radius 2 is 2.05 bits per heavy atom. The number of alkyl halides is 1. The lowest BCUT2D eigenvalue weighted by Gasteiger charge is -2.12. The van der Waals surface area contributed by atoms with Crippen LogP contribution in [0.5, 0.6) is 11.5 Å². The van der Waals surface area contributed by atoms with Crippen LogP contribution in [-0.4, -0.2) is 45.8 Å². The van der Waals surface area contributed by atoms with Gasteiger partial charge in [-0.05, 0) is 18.6 Å². The third kappa shape index (κ3) is 4.90. The van der Waals surface area contributed by atoms with Gasteiger partial charge in [-0.1, -0.05) is 0 Å². The summed E-state index contributed by atoms with van der Waals surface area (Å²) in [7, 11) is 4.67. The molecule has 1 aromatic carbocycles. The average Bonchev–Trinajstić information content (AvgIpc) is 2.46. The van der Waals surface area contributed by atoms with Gasteiger partial charge in [0, 0.05) is 19.7 Å². The third-order valence-electron chi connectivity index (χ3n) is 2.74. The van der Waals surface area contributed by atoms with E-state index in [1.807, 2.05) is 0 Å². The Hall–Kier alpha value is -1.46. The molecule has 20 heavy (non-hydrogen) atoms. The molecule has 1 atom stereocenters. The van der Waals surface area contributed by atoms with Gasteiger partial charge in [-0.15, -0.1) is 11.6 Å². The lowest BCUT2D eigenvalue weighted by Crippen LogP contribution is -2.27. The molecule has 0 aromatic heterocycles. The maximum atomic E-state index is 12.1. The van der Waals surface area contributed by atoms with E-state index in [4.69, 9.17) is 25.8 Å². The van der Waals surface area contributed by atoms with Crippen LogP contribution in [-0.2, 0) is 4.74 Å². The third-order valence-corrected chi connectivity index (χ3v) is 3.09. The van der Waals surface area contributed by atoms with Crippen LogP contribution in [0.25, 0.3) is 0 Å². The van der Waals surface area contributed by atoms with Gasteiger partial charge in [0.15, 0.2) is 0 Å². The van der Waals surface area contributed by atoms with Gasteiger partial charge in [-0.2, -0.15) is 0 Å². The Morgan fingerprint density at radius 3 is 2.65 bits per heavy atom. The van der Waals surface area contributed by atoms with Crippen LogP contribution < -0.4 is 14.8 Å². The summed E-state index contributed by atoms with van der Waals surface area (Å²) in [6, 6.07) is 5.05. The molecule has 1 N–H and O–H groups in total. The molecule has 0 aliphatic heterocycles. The first-order valence-electron chi connectivity index (χ1n) is 6.25. The lowest BCUT2D eigenvalue weighted by molar-refractivity contribution is 0.0948. The highest BCUT2D eigenvalue weighted by Crippen LogP contribution is 2.24. The van der Waals surface area contributed by atoms with Gasteiger partial charge in [0.2, 0.25) is 0 Å². The van der Waals surface area contributed by atoms with Crippen molar-refractivity contribution in [3.05, 3.63) is 23.8 Å². The van der Waals surface area contributed by atoms with Gasteiger partial charge >= 0.3 is 0 Å². The monoisotopic (exact) mass is 301 g/mol. The average molecular weight is 302 g/mol. The Morgan fingerprint density at radius 1 is 1.30 bits per heavy atom. The van der Waals surface area contributed by atoms with E-state index in [9.17, 15) is 4.79 Å². The zero-order valence-corrected chi connectivity index (χ0v) is 12.7. The number of rotatable bonds is 8. The van der Waals surface area contributed by atoms with Crippen molar-refractivity contribution < 1.29 is 19.0 Å². The maximum Gasteiger partial charge on any atom is 0.255 e. The van der Waals surface area contributed by atoms with Gasteiger partial charge in [-0.3, -0.25) is 4.79 Å². The molecule has 0 fully saturated rings. The molecule has 6 heteroatoms. The number of hydrogen-bond donors (Lipinski definition) is 1. The van der Waals surface area contributed by atoms with Crippen molar-refractivity contribution in [2.24, 2.45) is 0 Å². The normalized spacial score (nSPS) is 11.8. The van der Waals surface area contributed by atoms with Crippen molar-refractivity contribution in [3.8, 4) is 11.5 Å². The number of carbonyl (C=O) groups excluding carboxylic acids is 1. The molecule has 5 nitrogen and oxygen atoms in total. The van der Waals surface area contributed by atoms with Gasteiger partial charge < -0.3 is 19.5 Å². The molecule has 0 spiro atoms. The molecular formula is C14H20ClNO4. The minimum Gasteiger partial charge on any atom is -0.497 e. The van der Waals surface area contributed by atoms with Crippen LogP contribution in [0.1, 0.15) is 16.8 Å². The summed E-state index contributed by atoms with van der Waals surface area (Å²) in [5.74, 6) is 0.909. The van der Waals surface area contributed by atoms with E-state index >= 15 is 0 Å². The van der Waals surface area contributed by atoms with Crippen molar-refractivity contribution in [2.45, 2.75) is 11.8 Å². The quantitative estimate of drug-likeness (QED) is 0.747. The predicted octanol–water partition coefficient (Wildman–Crippen LogP) is 2.08. The minimum atomic E-state index is -0.203. The number of ether oxygens (including phenoxy) is 3. The maximum absolute atomic E-state index is 12.1. The van der Waals surface area contributed by atoms with Gasteiger partial charge in [0.05, 0.1) is 31.8 Å². The molecule has 112 valence electrons. The molecule has 1 rings (SSSR count). The van der Waals surface area contributed by atoms with Crippen molar-refractivity contribution in [3.63, 3.8) is 0 Å². The standard InChI is InChI=1S/C14H20ClNO4/c1-18-9-10(15)6-7-16-14(17)12-5-4-11(19-2)8-13(12)20-3/h4-5,8,10H,6-7,9H2,1-3H3,(H,16,17). The highest BCUT2D eigenvalue weighted by atomic mass is 35.5. The second-order valence-electron chi connectivity index (χ2n) is 4.16. The topological polar surface area (TPSA) is 56.8 Å². The second kappa shape index (κ2) is 8.66. The van der Waals surface area contributed by atoms with Crippen LogP contribution in [0.4, 0.5) is 0 Å². The smallest absolute Gasteiger partial charge is 0.255 e. The Balaban J connectivity index is 2.59. The van der Waals surface area contributed by atoms with Crippen molar-refractivity contribution in [1.82, 2.24) is 5.32 Å². The van der Waals surface area contributed by atoms with Crippen molar-refractivity contribution >= 4 is 17.5 Å². The van der Waals surface area contributed by atoms with Crippen molar-refractivity contribution in [2.75, 3.05) is 34.5 Å². The molecule has 0 bridgehead atoms. The molecule has 1 unspecified atom stereocenters. The number of methoxy groups -OCH3 is 3. The van der Waals surface area contributed by atoms with E-state index < -0.39 is 0 Å². The molecular weight excluding hydrogens is 282 g/mol. The zero-order chi connectivity index (χ0) is 15.0. The van der Waals surface area contributed by atoms with Gasteiger partial charge in [-0.25, -0.2) is 0 Å². The fourth-order valence-electron chi connectivity index (χ4n) is 1.69. The summed E-state index contributed by atoms with van der Waals surface area (Å²) in [5, 5.41) is 2.69. The van der Waals surface area contributed by atoms with E-state index in [1.54, 1.807) is 32.4 Å². The fourth-order valence-corrected chi connectivity index (χ4v) is 1.92. The van der Waals surface area contributed by atoms with E-state index in [0.717, 1.165) is 0 Å². The van der Waals surface area contributed by atoms with Crippen LogP contribution in [0.3, 0.4) is 0 Å². The number of carbonyl (C=O) groups is 1. The summed E-state index contributed by atoms with van der Waals surface area (Å²) in [6.07, 6.45) is 0.638. The minimum absolute atomic E-state index is 0.113. The first kappa shape index (κ1) is 16.6. The van der Waals surface area contributed by atoms with Crippen LogP contribution >= 0.6 is 11.6 Å². The predicted molar refractivity (Wildman–Crippen MR) is 78.0 cm³/mol. The number of nitrogens with one attached hydrogen (secondary N) is 1. The van der Waals surface area contributed by atoms with Crippen LogP contribution in [0.2, 0.25) is 0 Å². The van der Waals surface area contributed by atoms with Crippen LogP contribution in [0.15, 0.2) is 18.2 Å². The van der Waals surface area contributed by atoms with Gasteiger partial charge in [0.25, 0.3) is 5.91 Å². The Kier molecular flexibility index (Phi) is 7.18. The number of amides is 1. The SMILES string of the molecule is COCC(Cl)CCNC(=O)c1ccc(OC)cc1OC. The summed E-state index contributed by atoms with van der Waals surface area (Å²) in [6.45, 7) is 0.939. The molecule has 0 saturated heterocycles. The molecule has 0 saturated carbocycles. The molecule has 1 aromatic rings. The van der Waals surface area contributed by atoms with E-state index in [2.05, 4.69) is 5.32 Å². The molecule has 1 amide bonds. The van der Waals surface area contributed by atoms with E-state index in [1.165, 1.54) is 7.11 Å². The molecule has 0 aliphatic rings. The molecule has 0 radical (unpaired) electrons.